The molecule has 0 spiro atoms. The molecule has 17 heavy (non-hydrogen) atoms. The zero-order valence-electron chi connectivity index (χ0n) is 9.84. The number of carboxylic acid groups (broad SMARTS) is 1. The maximum Gasteiger partial charge on any atom is 0.309 e. The SMILES string of the molecule is CCN1C(=O)CC(C(=O)O)C1c1ccc(C)s1. The van der Waals surface area contributed by atoms with Crippen molar-refractivity contribution in [2.75, 3.05) is 6.54 Å². The first kappa shape index (κ1) is 12.1. The predicted molar refractivity (Wildman–Crippen MR) is 64.9 cm³/mol. The minimum absolute atomic E-state index is 0.0593. The van der Waals surface area contributed by atoms with Gasteiger partial charge in [0.15, 0.2) is 0 Å². The Balaban J connectivity index is 2.38. The fourth-order valence-corrected chi connectivity index (χ4v) is 3.41. The fraction of sp³-hybridized carbons (Fsp3) is 0.500. The quantitative estimate of drug-likeness (QED) is 0.897. The number of aliphatic carboxylic acids is 1. The highest BCUT2D eigenvalue weighted by atomic mass is 32.1. The Morgan fingerprint density at radius 1 is 1.59 bits per heavy atom. The Morgan fingerprint density at radius 2 is 2.29 bits per heavy atom. The van der Waals surface area contributed by atoms with Gasteiger partial charge >= 0.3 is 5.97 Å². The summed E-state index contributed by atoms with van der Waals surface area (Å²) in [5, 5.41) is 9.21. The molecule has 5 heteroatoms. The first-order chi connectivity index (χ1) is 8.04. The highest BCUT2D eigenvalue weighted by Crippen LogP contribution is 2.40. The molecule has 1 aliphatic rings. The molecule has 1 fully saturated rings. The van der Waals surface area contributed by atoms with E-state index >= 15 is 0 Å². The number of carbonyl (C=O) groups is 2. The van der Waals surface area contributed by atoms with E-state index in [0.717, 1.165) is 9.75 Å². The molecule has 1 aliphatic heterocycles. The number of carbonyl (C=O) groups excluding carboxylic acids is 1. The molecule has 1 amide bonds. The van der Waals surface area contributed by atoms with Crippen LogP contribution in [-0.4, -0.2) is 28.4 Å². The van der Waals surface area contributed by atoms with Crippen molar-refractivity contribution in [1.82, 2.24) is 4.90 Å². The van der Waals surface area contributed by atoms with Crippen LogP contribution >= 0.6 is 11.3 Å². The van der Waals surface area contributed by atoms with Crippen LogP contribution in [0.25, 0.3) is 0 Å². The van der Waals surface area contributed by atoms with Crippen LogP contribution in [0.1, 0.15) is 29.1 Å². The third-order valence-corrected chi connectivity index (χ3v) is 4.21. The predicted octanol–water partition coefficient (Wildman–Crippen LogP) is 2.05. The first-order valence-electron chi connectivity index (χ1n) is 5.63. The lowest BCUT2D eigenvalue weighted by atomic mass is 9.99. The number of nitrogens with zero attached hydrogens (tertiary/aromatic N) is 1. The van der Waals surface area contributed by atoms with Crippen molar-refractivity contribution >= 4 is 23.2 Å². The van der Waals surface area contributed by atoms with Gasteiger partial charge in [0.05, 0.1) is 12.0 Å². The smallest absolute Gasteiger partial charge is 0.309 e. The Hall–Kier alpha value is -1.36. The van der Waals surface area contributed by atoms with Gasteiger partial charge in [-0.2, -0.15) is 0 Å². The summed E-state index contributed by atoms with van der Waals surface area (Å²) in [5.74, 6) is -1.55. The molecule has 0 radical (unpaired) electrons. The molecule has 1 saturated heterocycles. The van der Waals surface area contributed by atoms with Crippen molar-refractivity contribution in [3.8, 4) is 0 Å². The number of thiophene rings is 1. The largest absolute Gasteiger partial charge is 0.481 e. The Bertz CT molecular complexity index is 454. The molecule has 2 rings (SSSR count). The van der Waals surface area contributed by atoms with Gasteiger partial charge in [-0.1, -0.05) is 0 Å². The summed E-state index contributed by atoms with van der Waals surface area (Å²) in [6, 6.07) is 3.61. The standard InChI is InChI=1S/C12H15NO3S/c1-3-13-10(14)6-8(12(15)16)11(13)9-5-4-7(2)17-9/h4-5,8,11H,3,6H2,1-2H3,(H,15,16). The lowest BCUT2D eigenvalue weighted by Crippen LogP contribution is -2.29. The number of hydrogen-bond donors (Lipinski definition) is 1. The van der Waals surface area contributed by atoms with E-state index in [1.54, 1.807) is 16.2 Å². The molecule has 1 N–H and O–H groups in total. The molecule has 0 aliphatic carbocycles. The summed E-state index contributed by atoms with van der Waals surface area (Å²) in [7, 11) is 0. The van der Waals surface area contributed by atoms with E-state index in [1.165, 1.54) is 0 Å². The number of hydrogen-bond acceptors (Lipinski definition) is 3. The number of amides is 1. The van der Waals surface area contributed by atoms with Gasteiger partial charge in [0.25, 0.3) is 0 Å². The van der Waals surface area contributed by atoms with Gasteiger partial charge in [0.2, 0.25) is 5.91 Å². The second-order valence-corrected chi connectivity index (χ2v) is 5.54. The molecule has 2 unspecified atom stereocenters. The number of aryl methyl sites for hydroxylation is 1. The lowest BCUT2D eigenvalue weighted by molar-refractivity contribution is -0.142. The number of carboxylic acids is 1. The van der Waals surface area contributed by atoms with E-state index in [0.29, 0.717) is 6.54 Å². The van der Waals surface area contributed by atoms with E-state index in [4.69, 9.17) is 0 Å². The highest BCUT2D eigenvalue weighted by Gasteiger charge is 2.44. The summed E-state index contributed by atoms with van der Waals surface area (Å²) in [6.07, 6.45) is 0.116. The highest BCUT2D eigenvalue weighted by molar-refractivity contribution is 7.12. The van der Waals surface area contributed by atoms with Crippen LogP contribution in [-0.2, 0) is 9.59 Å². The van der Waals surface area contributed by atoms with Gasteiger partial charge in [-0.25, -0.2) is 0 Å². The maximum absolute atomic E-state index is 11.8. The minimum Gasteiger partial charge on any atom is -0.481 e. The van der Waals surface area contributed by atoms with Crippen molar-refractivity contribution in [1.29, 1.82) is 0 Å². The normalized spacial score (nSPS) is 24.4. The third-order valence-electron chi connectivity index (χ3n) is 3.14. The van der Waals surface area contributed by atoms with Crippen molar-refractivity contribution in [2.24, 2.45) is 5.92 Å². The third kappa shape index (κ3) is 2.07. The zero-order chi connectivity index (χ0) is 12.6. The molecule has 1 aromatic rings. The topological polar surface area (TPSA) is 57.6 Å². The summed E-state index contributed by atoms with van der Waals surface area (Å²) in [4.78, 5) is 26.8. The first-order valence-corrected chi connectivity index (χ1v) is 6.44. The Kier molecular flexibility index (Phi) is 3.19. The zero-order valence-corrected chi connectivity index (χ0v) is 10.7. The minimum atomic E-state index is -0.884. The van der Waals surface area contributed by atoms with E-state index in [9.17, 15) is 14.7 Å². The van der Waals surface area contributed by atoms with E-state index in [2.05, 4.69) is 0 Å². The van der Waals surface area contributed by atoms with Gasteiger partial charge in [-0.05, 0) is 26.0 Å². The Labute approximate surface area is 104 Å². The van der Waals surface area contributed by atoms with E-state index < -0.39 is 11.9 Å². The molecule has 92 valence electrons. The maximum atomic E-state index is 11.8. The summed E-state index contributed by atoms with van der Waals surface area (Å²) >= 11 is 1.57. The second-order valence-electron chi connectivity index (χ2n) is 4.22. The van der Waals surface area contributed by atoms with Crippen LogP contribution in [0.4, 0.5) is 0 Å². The fourth-order valence-electron chi connectivity index (χ4n) is 2.35. The van der Waals surface area contributed by atoms with Crippen LogP contribution in [0.3, 0.4) is 0 Å². The van der Waals surface area contributed by atoms with Crippen molar-refractivity contribution in [3.63, 3.8) is 0 Å². The summed E-state index contributed by atoms with van der Waals surface area (Å²) in [5.41, 5.74) is 0. The van der Waals surface area contributed by atoms with E-state index in [-0.39, 0.29) is 18.4 Å². The lowest BCUT2D eigenvalue weighted by Gasteiger charge is -2.24. The van der Waals surface area contributed by atoms with Crippen LogP contribution in [0, 0.1) is 12.8 Å². The average molecular weight is 253 g/mol. The monoisotopic (exact) mass is 253 g/mol. The number of likely N-dealkylation sites (tertiary alicyclic amines) is 1. The van der Waals surface area contributed by atoms with Gasteiger partial charge in [-0.3, -0.25) is 9.59 Å². The molecule has 0 saturated carbocycles. The van der Waals surface area contributed by atoms with Gasteiger partial charge in [-0.15, -0.1) is 11.3 Å². The van der Waals surface area contributed by atoms with Crippen molar-refractivity contribution in [3.05, 3.63) is 21.9 Å². The van der Waals surface area contributed by atoms with E-state index in [1.807, 2.05) is 26.0 Å². The van der Waals surface area contributed by atoms with Crippen LogP contribution in [0.2, 0.25) is 0 Å². The summed E-state index contributed by atoms with van der Waals surface area (Å²) < 4.78 is 0. The molecule has 4 nitrogen and oxygen atoms in total. The van der Waals surface area contributed by atoms with Crippen LogP contribution in [0.5, 0.6) is 0 Å². The molecule has 2 atom stereocenters. The molecule has 1 aromatic heterocycles. The average Bonchev–Trinajstić information content (AvgIpc) is 2.81. The van der Waals surface area contributed by atoms with Gasteiger partial charge < -0.3 is 10.0 Å². The molecule has 2 heterocycles. The second kappa shape index (κ2) is 4.49. The van der Waals surface area contributed by atoms with Crippen LogP contribution in [0.15, 0.2) is 12.1 Å². The van der Waals surface area contributed by atoms with Gasteiger partial charge in [0, 0.05) is 22.7 Å². The van der Waals surface area contributed by atoms with Crippen molar-refractivity contribution < 1.29 is 14.7 Å². The molecular weight excluding hydrogens is 238 g/mol. The summed E-state index contributed by atoms with van der Waals surface area (Å²) in [6.45, 7) is 4.43. The van der Waals surface area contributed by atoms with Crippen molar-refractivity contribution in [2.45, 2.75) is 26.3 Å². The van der Waals surface area contributed by atoms with Crippen LogP contribution < -0.4 is 0 Å². The number of rotatable bonds is 3. The molecule has 0 bridgehead atoms. The molecule has 0 aromatic carbocycles. The Morgan fingerprint density at radius 3 is 2.76 bits per heavy atom. The molecular formula is C12H15NO3S. The van der Waals surface area contributed by atoms with Gasteiger partial charge in [0.1, 0.15) is 0 Å².